The molecule has 0 fully saturated rings. The van der Waals surface area contributed by atoms with Crippen LogP contribution in [-0.2, 0) is 67.1 Å². The first-order chi connectivity index (χ1) is 36.1. The fourth-order valence-electron chi connectivity index (χ4n) is 7.04. The number of unbranched alkanes of at least 4 members (excludes halogenated alkanes) is 2. The van der Waals surface area contributed by atoms with E-state index in [9.17, 15) is 87.5 Å². The van der Waals surface area contributed by atoms with Crippen LogP contribution in [0.5, 0.6) is 0 Å². The number of hydrogen-bond donors (Lipinski definition) is 17. The smallest absolute Gasteiger partial charge is 0.326 e. The molecule has 0 bridgehead atoms. The molecule has 0 unspecified atom stereocenters. The van der Waals surface area contributed by atoms with Crippen LogP contribution in [0.25, 0.3) is 0 Å². The van der Waals surface area contributed by atoms with Gasteiger partial charge in [-0.2, -0.15) is 11.8 Å². The van der Waals surface area contributed by atoms with Gasteiger partial charge in [0.15, 0.2) is 0 Å². The van der Waals surface area contributed by atoms with Gasteiger partial charge in [0.25, 0.3) is 0 Å². The lowest BCUT2D eigenvalue weighted by Crippen LogP contribution is -2.61. The third-order valence-electron chi connectivity index (χ3n) is 11.1. The number of thioether (sulfide) groups is 1. The van der Waals surface area contributed by atoms with Crippen molar-refractivity contribution in [1.29, 1.82) is 0 Å². The lowest BCUT2D eigenvalue weighted by molar-refractivity contribution is -0.143. The monoisotopic (exact) mass is 1120 g/mol. The normalized spacial score (nSPS) is 14.5. The molecule has 0 heterocycles. The Morgan fingerprint density at radius 3 is 1.09 bits per heavy atom. The van der Waals surface area contributed by atoms with Gasteiger partial charge in [0.2, 0.25) is 53.2 Å². The molecule has 0 aliphatic rings. The zero-order valence-corrected chi connectivity index (χ0v) is 44.0. The fraction of sp³-hybridized carbons (Fsp3) is 0.689. The third-order valence-corrected chi connectivity index (χ3v) is 11.7. The van der Waals surface area contributed by atoms with E-state index in [1.807, 2.05) is 5.32 Å². The van der Waals surface area contributed by atoms with Crippen molar-refractivity contribution < 1.29 is 92.7 Å². The van der Waals surface area contributed by atoms with Gasteiger partial charge in [0.1, 0.15) is 48.3 Å². The van der Waals surface area contributed by atoms with E-state index in [4.69, 9.17) is 28.0 Å². The summed E-state index contributed by atoms with van der Waals surface area (Å²) in [6, 6.07) is -15.2. The number of nitrogens with two attached hydrogens (primary N) is 4. The van der Waals surface area contributed by atoms with Crippen LogP contribution in [0.1, 0.15) is 110 Å². The molecule has 9 amide bonds. The van der Waals surface area contributed by atoms with Gasteiger partial charge >= 0.3 is 29.8 Å². The van der Waals surface area contributed by atoms with E-state index in [0.29, 0.717) is 12.2 Å². The van der Waals surface area contributed by atoms with Crippen molar-refractivity contribution in [3.8, 4) is 0 Å². The molecule has 21 N–H and O–H groups in total. The van der Waals surface area contributed by atoms with E-state index in [1.165, 1.54) is 11.8 Å². The summed E-state index contributed by atoms with van der Waals surface area (Å²) >= 11 is 1.28. The molecule has 0 aliphatic carbocycles. The summed E-state index contributed by atoms with van der Waals surface area (Å²) in [7, 11) is 0. The van der Waals surface area contributed by atoms with Crippen LogP contribution in [0.15, 0.2) is 0 Å². The summed E-state index contributed by atoms with van der Waals surface area (Å²) < 4.78 is 0. The van der Waals surface area contributed by atoms with Crippen LogP contribution < -0.4 is 65.5 Å². The summed E-state index contributed by atoms with van der Waals surface area (Å²) in [6.07, 6.45) is -3.46. The van der Waals surface area contributed by atoms with Gasteiger partial charge in [-0.3, -0.25) is 62.3 Å². The molecule has 0 aromatic rings. The van der Waals surface area contributed by atoms with Crippen molar-refractivity contribution in [1.82, 2.24) is 42.5 Å². The van der Waals surface area contributed by atoms with E-state index in [-0.39, 0.29) is 64.0 Å². The molecule has 0 aliphatic heterocycles. The zero-order chi connectivity index (χ0) is 58.9. The summed E-state index contributed by atoms with van der Waals surface area (Å²) in [6.45, 7) is 3.62. The van der Waals surface area contributed by atoms with Crippen LogP contribution in [0.3, 0.4) is 0 Å². The standard InChI is InChI=1S/C45H76N12O19S/c1-22(2)18-29(55-37(67)23(48)19-34(61)62)42(72)51-25(9-5-7-16-47)39(69)56-31(21-36(65)66)44(74)57-30(20-35(63)64)43(73)53-26(10-12-32(49)58)40(70)50-24(8-4-6-15-46)38(68)52-27(11-13-33(59)60)41(71)54-28(45(75)76)14-17-77-3/h22-31H,4-21,46-48H2,1-3H3,(H2,49,58)(H,50,70)(H,51,72)(H,52,68)(H,53,73)(H,54,71)(H,55,67)(H,56,69)(H,57,74)(H,59,60)(H,61,62)(H,63,64)(H,65,66)(H,75,76)/t23-,24-,25-,26-,27-,28-,29-,30-,31-/m0/s1. The lowest BCUT2D eigenvalue weighted by Gasteiger charge is -2.28. The molecule has 0 saturated heterocycles. The maximum absolute atomic E-state index is 14.0. The van der Waals surface area contributed by atoms with Crippen LogP contribution in [0.4, 0.5) is 0 Å². The molecule has 0 rings (SSSR count). The molecule has 0 aromatic heterocycles. The first-order valence-corrected chi connectivity index (χ1v) is 25.9. The minimum atomic E-state index is -2.16. The number of carbonyl (C=O) groups is 14. The van der Waals surface area contributed by atoms with Crippen LogP contribution in [0, 0.1) is 5.92 Å². The van der Waals surface area contributed by atoms with E-state index < -0.39 is 182 Å². The summed E-state index contributed by atoms with van der Waals surface area (Å²) in [4.78, 5) is 179. The number of amides is 9. The molecule has 32 heteroatoms. The molecule has 0 aromatic carbocycles. The summed E-state index contributed by atoms with van der Waals surface area (Å²) in [5.41, 5.74) is 22.2. The Balaban J connectivity index is 6.88. The van der Waals surface area contributed by atoms with Gasteiger partial charge in [-0.25, -0.2) is 4.79 Å². The van der Waals surface area contributed by atoms with Crippen LogP contribution in [-0.4, -0.2) is 188 Å². The van der Waals surface area contributed by atoms with Crippen LogP contribution >= 0.6 is 11.8 Å². The van der Waals surface area contributed by atoms with E-state index >= 15 is 0 Å². The first kappa shape index (κ1) is 69.8. The van der Waals surface area contributed by atoms with Gasteiger partial charge in [0, 0.05) is 12.8 Å². The van der Waals surface area contributed by atoms with Gasteiger partial charge in [-0.1, -0.05) is 13.8 Å². The van der Waals surface area contributed by atoms with Crippen molar-refractivity contribution >= 4 is 94.8 Å². The molecule has 9 atom stereocenters. The molecular weight excluding hydrogens is 1040 g/mol. The SMILES string of the molecule is CSCC[C@H](NC(=O)[C@H](CCC(=O)O)NC(=O)[C@H](CCCCN)NC(=O)[C@H](CCC(N)=O)NC(=O)[C@H](CC(=O)O)NC(=O)[C@H](CC(=O)O)NC(=O)[C@H](CCCCN)NC(=O)[C@H](CC(C)C)NC(=O)[C@@H](N)CC(=O)O)C(=O)O. The van der Waals surface area contributed by atoms with Crippen molar-refractivity contribution in [3.63, 3.8) is 0 Å². The predicted octanol–water partition coefficient (Wildman–Crippen LogP) is -5.11. The minimum absolute atomic E-state index is 0.0330. The molecule has 0 radical (unpaired) electrons. The first-order valence-electron chi connectivity index (χ1n) is 24.5. The van der Waals surface area contributed by atoms with Crippen LogP contribution in [0.2, 0.25) is 0 Å². The van der Waals surface area contributed by atoms with Gasteiger partial charge < -0.3 is 91.0 Å². The number of carbonyl (C=O) groups excluding carboxylic acids is 9. The van der Waals surface area contributed by atoms with Gasteiger partial charge in [-0.05, 0) is 95.2 Å². The second kappa shape index (κ2) is 37.5. The Kier molecular flexibility index (Phi) is 34.0. The van der Waals surface area contributed by atoms with E-state index in [2.05, 4.69) is 37.2 Å². The zero-order valence-electron chi connectivity index (χ0n) is 43.2. The highest BCUT2D eigenvalue weighted by Gasteiger charge is 2.36. The van der Waals surface area contributed by atoms with Gasteiger partial charge in [0.05, 0.1) is 25.3 Å². The topological polar surface area (TPSA) is 540 Å². The van der Waals surface area contributed by atoms with Crippen molar-refractivity contribution in [2.45, 2.75) is 165 Å². The number of carboxylic acid groups (broad SMARTS) is 5. The highest BCUT2D eigenvalue weighted by Crippen LogP contribution is 2.12. The quantitative estimate of drug-likeness (QED) is 0.0254. The summed E-state index contributed by atoms with van der Waals surface area (Å²) in [5.74, 6) is -17.9. The third kappa shape index (κ3) is 30.2. The second-order valence-corrected chi connectivity index (χ2v) is 19.1. The van der Waals surface area contributed by atoms with Crippen molar-refractivity contribution in [3.05, 3.63) is 0 Å². The predicted molar refractivity (Wildman–Crippen MR) is 271 cm³/mol. The number of carboxylic acids is 5. The Hall–Kier alpha value is -7.19. The molecule has 31 nitrogen and oxygen atoms in total. The Morgan fingerprint density at radius 2 is 0.753 bits per heavy atom. The largest absolute Gasteiger partial charge is 0.481 e. The van der Waals surface area contributed by atoms with Crippen molar-refractivity contribution in [2.24, 2.45) is 28.9 Å². The molecule has 436 valence electrons. The van der Waals surface area contributed by atoms with E-state index in [0.717, 1.165) is 0 Å². The number of hydrogen-bond acceptors (Lipinski definition) is 18. The lowest BCUT2D eigenvalue weighted by atomic mass is 10.0. The molecule has 77 heavy (non-hydrogen) atoms. The Labute approximate surface area is 447 Å². The molecule has 0 spiro atoms. The maximum atomic E-state index is 14.0. The Bertz CT molecular complexity index is 2070. The number of aliphatic carboxylic acids is 5. The average Bonchev–Trinajstić information content (AvgIpc) is 3.32. The average molecular weight is 1120 g/mol. The highest BCUT2D eigenvalue weighted by molar-refractivity contribution is 7.98. The Morgan fingerprint density at radius 1 is 0.416 bits per heavy atom. The number of primary amides is 1. The number of nitrogens with one attached hydrogen (secondary N) is 8. The molecule has 0 saturated carbocycles. The summed E-state index contributed by atoms with van der Waals surface area (Å²) in [5, 5.41) is 65.6. The van der Waals surface area contributed by atoms with Crippen molar-refractivity contribution in [2.75, 3.05) is 25.1 Å². The minimum Gasteiger partial charge on any atom is -0.481 e. The molecular formula is C45H76N12O19S. The highest BCUT2D eigenvalue weighted by atomic mass is 32.2. The second-order valence-electron chi connectivity index (χ2n) is 18.1. The van der Waals surface area contributed by atoms with Gasteiger partial charge in [-0.15, -0.1) is 0 Å². The van der Waals surface area contributed by atoms with E-state index in [1.54, 1.807) is 20.1 Å². The number of rotatable bonds is 42. The fourth-order valence-corrected chi connectivity index (χ4v) is 7.52. The maximum Gasteiger partial charge on any atom is 0.326 e.